The van der Waals surface area contributed by atoms with Gasteiger partial charge in [-0.05, 0) is 19.1 Å². The lowest BCUT2D eigenvalue weighted by Crippen LogP contribution is -2.12. The first-order chi connectivity index (χ1) is 5.61. The van der Waals surface area contributed by atoms with Crippen molar-refractivity contribution in [3.05, 3.63) is 29.6 Å². The lowest BCUT2D eigenvalue weighted by molar-refractivity contribution is -0.147. The van der Waals surface area contributed by atoms with Gasteiger partial charge in [-0.15, -0.1) is 0 Å². The van der Waals surface area contributed by atoms with Crippen LogP contribution in [0.2, 0.25) is 0 Å². The van der Waals surface area contributed by atoms with Gasteiger partial charge >= 0.3 is 5.97 Å². The van der Waals surface area contributed by atoms with Gasteiger partial charge in [0.25, 0.3) is 0 Å². The Balaban J connectivity index is 2.95. The number of aliphatic carboxylic acids is 1. The summed E-state index contributed by atoms with van der Waals surface area (Å²) < 4.78 is 0. The van der Waals surface area contributed by atoms with Crippen molar-refractivity contribution in [1.82, 2.24) is 4.98 Å². The number of aliphatic hydroxyl groups is 1. The molecule has 64 valence electrons. The fourth-order valence-corrected chi connectivity index (χ4v) is 0.843. The number of carbonyl (C=O) groups is 1. The minimum Gasteiger partial charge on any atom is -0.479 e. The molecule has 1 rings (SSSR count). The Kier molecular flexibility index (Phi) is 2.40. The van der Waals surface area contributed by atoms with E-state index in [2.05, 4.69) is 4.98 Å². The van der Waals surface area contributed by atoms with Crippen molar-refractivity contribution in [2.24, 2.45) is 0 Å². The number of hydrogen-bond donors (Lipinski definition) is 2. The summed E-state index contributed by atoms with van der Waals surface area (Å²) >= 11 is 0. The molecule has 4 heteroatoms. The van der Waals surface area contributed by atoms with Crippen LogP contribution in [0.25, 0.3) is 0 Å². The molecule has 1 unspecified atom stereocenters. The average molecular weight is 167 g/mol. The van der Waals surface area contributed by atoms with Gasteiger partial charge in [-0.3, -0.25) is 4.98 Å². The summed E-state index contributed by atoms with van der Waals surface area (Å²) in [5.41, 5.74) is 0.857. The molecule has 1 aromatic heterocycles. The molecular formula is C8H9NO3. The van der Waals surface area contributed by atoms with Crippen molar-refractivity contribution >= 4 is 5.97 Å². The van der Waals surface area contributed by atoms with E-state index in [4.69, 9.17) is 10.2 Å². The van der Waals surface area contributed by atoms with Crippen LogP contribution in [0.3, 0.4) is 0 Å². The predicted octanol–water partition coefficient (Wildman–Crippen LogP) is 0.508. The lowest BCUT2D eigenvalue weighted by atomic mass is 10.2. The Morgan fingerprint density at radius 1 is 1.58 bits per heavy atom. The summed E-state index contributed by atoms with van der Waals surface area (Å²) in [6.07, 6.45) is -1.52. The van der Waals surface area contributed by atoms with Gasteiger partial charge in [-0.2, -0.15) is 0 Å². The van der Waals surface area contributed by atoms with Gasteiger partial charge in [-0.1, -0.05) is 6.07 Å². The molecule has 0 amide bonds. The molecule has 12 heavy (non-hydrogen) atoms. The molecular weight excluding hydrogens is 158 g/mol. The van der Waals surface area contributed by atoms with E-state index < -0.39 is 12.1 Å². The zero-order chi connectivity index (χ0) is 9.14. The van der Waals surface area contributed by atoms with Gasteiger partial charge in [-0.25, -0.2) is 4.79 Å². The molecule has 0 saturated heterocycles. The summed E-state index contributed by atoms with van der Waals surface area (Å²) in [5.74, 6) is -1.28. The van der Waals surface area contributed by atoms with Gasteiger partial charge in [0.05, 0.1) is 5.69 Å². The molecule has 0 bridgehead atoms. The van der Waals surface area contributed by atoms with Crippen LogP contribution in [0.5, 0.6) is 0 Å². The third-order valence-electron chi connectivity index (χ3n) is 1.42. The third kappa shape index (κ3) is 1.79. The number of aliphatic hydroxyl groups excluding tert-OH is 1. The largest absolute Gasteiger partial charge is 0.479 e. The van der Waals surface area contributed by atoms with Gasteiger partial charge in [0.15, 0.2) is 6.10 Å². The number of pyridine rings is 1. The summed E-state index contributed by atoms with van der Waals surface area (Å²) in [4.78, 5) is 14.2. The topological polar surface area (TPSA) is 70.4 Å². The molecule has 1 aromatic rings. The molecule has 1 heterocycles. The minimum absolute atomic E-state index is 0.169. The van der Waals surface area contributed by atoms with E-state index in [-0.39, 0.29) is 5.69 Å². The zero-order valence-electron chi connectivity index (χ0n) is 6.56. The second kappa shape index (κ2) is 3.32. The standard InChI is InChI=1S/C8H9NO3/c1-5-3-2-4-6(9-5)7(10)8(11)12/h2-4,7,10H,1H3,(H,11,12). The van der Waals surface area contributed by atoms with Crippen LogP contribution in [0, 0.1) is 6.92 Å². The Labute approximate surface area is 69.5 Å². The van der Waals surface area contributed by atoms with Gasteiger partial charge in [0, 0.05) is 5.69 Å². The van der Waals surface area contributed by atoms with Gasteiger partial charge in [0.2, 0.25) is 0 Å². The van der Waals surface area contributed by atoms with Crippen LogP contribution >= 0.6 is 0 Å². The summed E-state index contributed by atoms with van der Waals surface area (Å²) in [7, 11) is 0. The van der Waals surface area contributed by atoms with Crippen LogP contribution < -0.4 is 0 Å². The third-order valence-corrected chi connectivity index (χ3v) is 1.42. The highest BCUT2D eigenvalue weighted by atomic mass is 16.4. The highest BCUT2D eigenvalue weighted by molar-refractivity contribution is 5.73. The molecule has 0 aliphatic heterocycles. The van der Waals surface area contributed by atoms with Gasteiger partial charge in [0.1, 0.15) is 0 Å². The lowest BCUT2D eigenvalue weighted by Gasteiger charge is -2.04. The van der Waals surface area contributed by atoms with E-state index >= 15 is 0 Å². The highest BCUT2D eigenvalue weighted by Gasteiger charge is 2.16. The number of carboxylic acids is 1. The fourth-order valence-electron chi connectivity index (χ4n) is 0.843. The minimum atomic E-state index is -1.52. The number of aromatic nitrogens is 1. The Morgan fingerprint density at radius 2 is 2.25 bits per heavy atom. The number of aryl methyl sites for hydroxylation is 1. The Bertz CT molecular complexity index is 298. The van der Waals surface area contributed by atoms with E-state index in [0.717, 1.165) is 0 Å². The number of nitrogens with zero attached hydrogens (tertiary/aromatic N) is 1. The monoisotopic (exact) mass is 167 g/mol. The first-order valence-electron chi connectivity index (χ1n) is 3.45. The highest BCUT2D eigenvalue weighted by Crippen LogP contribution is 2.09. The van der Waals surface area contributed by atoms with Crippen molar-refractivity contribution in [2.45, 2.75) is 13.0 Å². The SMILES string of the molecule is Cc1cccc(C(O)C(=O)O)n1. The molecule has 0 radical (unpaired) electrons. The van der Waals surface area contributed by atoms with Crippen molar-refractivity contribution in [3.63, 3.8) is 0 Å². The van der Waals surface area contributed by atoms with Gasteiger partial charge < -0.3 is 10.2 Å². The smallest absolute Gasteiger partial charge is 0.338 e. The van der Waals surface area contributed by atoms with E-state index in [0.29, 0.717) is 5.69 Å². The van der Waals surface area contributed by atoms with Crippen LogP contribution in [0.4, 0.5) is 0 Å². The van der Waals surface area contributed by atoms with E-state index in [1.807, 2.05) is 0 Å². The van der Waals surface area contributed by atoms with E-state index in [1.165, 1.54) is 6.07 Å². The Morgan fingerprint density at radius 3 is 2.75 bits per heavy atom. The summed E-state index contributed by atoms with van der Waals surface area (Å²) in [6.45, 7) is 1.73. The number of hydrogen-bond acceptors (Lipinski definition) is 3. The predicted molar refractivity (Wildman–Crippen MR) is 41.6 cm³/mol. The van der Waals surface area contributed by atoms with Crippen molar-refractivity contribution in [3.8, 4) is 0 Å². The van der Waals surface area contributed by atoms with Crippen LogP contribution in [0.15, 0.2) is 18.2 Å². The maximum atomic E-state index is 10.3. The van der Waals surface area contributed by atoms with E-state index in [1.54, 1.807) is 19.1 Å². The number of carboxylic acid groups (broad SMARTS) is 1. The second-order valence-corrected chi connectivity index (χ2v) is 2.44. The Hall–Kier alpha value is -1.42. The van der Waals surface area contributed by atoms with Crippen molar-refractivity contribution < 1.29 is 15.0 Å². The molecule has 0 aromatic carbocycles. The molecule has 4 nitrogen and oxygen atoms in total. The van der Waals surface area contributed by atoms with Crippen molar-refractivity contribution in [2.75, 3.05) is 0 Å². The quantitative estimate of drug-likeness (QED) is 0.673. The molecule has 2 N–H and O–H groups in total. The van der Waals surface area contributed by atoms with Crippen molar-refractivity contribution in [1.29, 1.82) is 0 Å². The molecule has 0 saturated carbocycles. The zero-order valence-corrected chi connectivity index (χ0v) is 6.56. The maximum absolute atomic E-state index is 10.3. The molecule has 0 aliphatic rings. The van der Waals surface area contributed by atoms with Crippen LogP contribution in [0.1, 0.15) is 17.5 Å². The first kappa shape index (κ1) is 8.67. The molecule has 0 fully saturated rings. The first-order valence-corrected chi connectivity index (χ1v) is 3.45. The second-order valence-electron chi connectivity index (χ2n) is 2.44. The molecule has 0 spiro atoms. The number of rotatable bonds is 2. The molecule has 1 atom stereocenters. The fraction of sp³-hybridized carbons (Fsp3) is 0.250. The normalized spacial score (nSPS) is 12.5. The van der Waals surface area contributed by atoms with Crippen LogP contribution in [-0.4, -0.2) is 21.2 Å². The maximum Gasteiger partial charge on any atom is 0.338 e. The molecule has 0 aliphatic carbocycles. The summed E-state index contributed by atoms with van der Waals surface area (Å²) in [5, 5.41) is 17.5. The summed E-state index contributed by atoms with van der Waals surface area (Å²) in [6, 6.07) is 4.87. The van der Waals surface area contributed by atoms with E-state index in [9.17, 15) is 4.79 Å². The van der Waals surface area contributed by atoms with Crippen LogP contribution in [-0.2, 0) is 4.79 Å². The average Bonchev–Trinajstić information content (AvgIpc) is 2.03.